The van der Waals surface area contributed by atoms with Gasteiger partial charge in [0, 0.05) is 6.07 Å². The number of nitrogens with zero attached hydrogens (tertiary/aromatic N) is 1. The zero-order chi connectivity index (χ0) is 23.4. The summed E-state index contributed by atoms with van der Waals surface area (Å²) in [7, 11) is 0. The number of fused-ring (bicyclic) bond motifs is 2. The van der Waals surface area contributed by atoms with Gasteiger partial charge in [-0.3, -0.25) is 0 Å². The van der Waals surface area contributed by atoms with Crippen LogP contribution >= 0.6 is 11.6 Å². The maximum absolute atomic E-state index is 15.1. The summed E-state index contributed by atoms with van der Waals surface area (Å²) in [5.41, 5.74) is 2.03. The van der Waals surface area contributed by atoms with E-state index < -0.39 is 29.9 Å². The molecular weight excluding hydrogens is 470 g/mol. The van der Waals surface area contributed by atoms with Crippen LogP contribution in [0.2, 0.25) is 5.02 Å². The number of halogens is 3. The number of aliphatic hydroxyl groups is 1. The molecular formula is C24H21ClF2N2O5. The fourth-order valence-electron chi connectivity index (χ4n) is 4.73. The minimum Gasteiger partial charge on any atom is -0.470 e. The van der Waals surface area contributed by atoms with Gasteiger partial charge in [0.05, 0.1) is 53.7 Å². The van der Waals surface area contributed by atoms with Crippen LogP contribution in [0.25, 0.3) is 27.9 Å². The number of aromatic nitrogens is 2. The maximum atomic E-state index is 15.1. The SMILES string of the molecule is O[C@@H]1CO[C@H]2[C@@H]1OC[C@H]2Oc1cc2nc(-c3c(F)cc(C4=CCOCC4)cc3F)c(Cl)cc2[nH]1. The monoisotopic (exact) mass is 490 g/mol. The molecule has 10 heteroatoms. The Hall–Kier alpha value is -2.56. The molecule has 2 saturated heterocycles. The van der Waals surface area contributed by atoms with Gasteiger partial charge < -0.3 is 29.0 Å². The van der Waals surface area contributed by atoms with Crippen LogP contribution in [0.3, 0.4) is 0 Å². The largest absolute Gasteiger partial charge is 0.470 e. The van der Waals surface area contributed by atoms with Crippen molar-refractivity contribution in [2.75, 3.05) is 26.4 Å². The van der Waals surface area contributed by atoms with Gasteiger partial charge in [0.2, 0.25) is 0 Å². The van der Waals surface area contributed by atoms with Crippen LogP contribution in [0.1, 0.15) is 12.0 Å². The van der Waals surface area contributed by atoms with Crippen LogP contribution in [0.4, 0.5) is 8.78 Å². The van der Waals surface area contributed by atoms with Crippen LogP contribution in [0.15, 0.2) is 30.3 Å². The third kappa shape index (κ3) is 3.77. The number of nitrogens with one attached hydrogen (secondary N) is 1. The molecule has 178 valence electrons. The Morgan fingerprint density at radius 2 is 1.88 bits per heavy atom. The first-order valence-corrected chi connectivity index (χ1v) is 11.4. The van der Waals surface area contributed by atoms with Crippen molar-refractivity contribution in [2.45, 2.75) is 30.8 Å². The summed E-state index contributed by atoms with van der Waals surface area (Å²) >= 11 is 6.39. The molecule has 2 aromatic heterocycles. The fourth-order valence-corrected chi connectivity index (χ4v) is 4.97. The number of aliphatic hydroxyl groups excluding tert-OH is 1. The topological polar surface area (TPSA) is 85.8 Å². The Labute approximate surface area is 198 Å². The molecule has 2 N–H and O–H groups in total. The van der Waals surface area contributed by atoms with Crippen molar-refractivity contribution in [1.29, 1.82) is 0 Å². The molecule has 0 unspecified atom stereocenters. The summed E-state index contributed by atoms with van der Waals surface area (Å²) in [5.74, 6) is -1.10. The van der Waals surface area contributed by atoms with Gasteiger partial charge in [0.1, 0.15) is 29.9 Å². The Morgan fingerprint density at radius 3 is 2.65 bits per heavy atom. The third-order valence-electron chi connectivity index (χ3n) is 6.40. The van der Waals surface area contributed by atoms with Crippen molar-refractivity contribution in [3.05, 3.63) is 52.6 Å². The highest BCUT2D eigenvalue weighted by Gasteiger charge is 2.48. The molecule has 0 bridgehead atoms. The van der Waals surface area contributed by atoms with Crippen molar-refractivity contribution in [1.82, 2.24) is 9.97 Å². The molecule has 2 fully saturated rings. The second-order valence-electron chi connectivity index (χ2n) is 8.57. The standard InChI is InChI=1S/C24H21ClF2N2O5/c25-13-7-16-17(8-20(28-16)34-19-10-33-23-18(30)9-32-24(19)23)29-22(13)21-14(26)5-12(6-15(21)27)11-1-3-31-4-2-11/h1,5-8,18-19,23-24,28,30H,2-4,9-10H2/t18-,19-,23-,24-/m1/s1. The number of H-pyrrole nitrogens is 1. The molecule has 5 heterocycles. The van der Waals surface area contributed by atoms with E-state index in [-0.39, 0.29) is 35.6 Å². The number of ether oxygens (including phenoxy) is 4. The highest BCUT2D eigenvalue weighted by molar-refractivity contribution is 6.33. The summed E-state index contributed by atoms with van der Waals surface area (Å²) in [4.78, 5) is 7.49. The zero-order valence-electron chi connectivity index (χ0n) is 17.9. The zero-order valence-corrected chi connectivity index (χ0v) is 18.6. The highest BCUT2D eigenvalue weighted by Crippen LogP contribution is 2.36. The fraction of sp³-hybridized carbons (Fsp3) is 0.375. The van der Waals surface area contributed by atoms with Crippen molar-refractivity contribution < 1.29 is 32.8 Å². The van der Waals surface area contributed by atoms with E-state index in [1.807, 2.05) is 6.08 Å². The van der Waals surface area contributed by atoms with Crippen molar-refractivity contribution in [3.63, 3.8) is 0 Å². The molecule has 7 nitrogen and oxygen atoms in total. The second kappa shape index (κ2) is 8.58. The number of pyridine rings is 1. The molecule has 0 saturated carbocycles. The lowest BCUT2D eigenvalue weighted by atomic mass is 9.98. The smallest absolute Gasteiger partial charge is 0.193 e. The van der Waals surface area contributed by atoms with Crippen LogP contribution in [-0.4, -0.2) is 65.9 Å². The minimum absolute atomic E-state index is 0.00809. The normalized spacial score (nSPS) is 26.6. The molecule has 0 spiro atoms. The van der Waals surface area contributed by atoms with Crippen molar-refractivity contribution in [2.24, 2.45) is 0 Å². The Balaban J connectivity index is 1.31. The molecule has 6 rings (SSSR count). The molecule has 3 aliphatic heterocycles. The summed E-state index contributed by atoms with van der Waals surface area (Å²) in [6, 6.07) is 5.79. The molecule has 34 heavy (non-hydrogen) atoms. The van der Waals surface area contributed by atoms with E-state index in [0.717, 1.165) is 5.57 Å². The molecule has 0 amide bonds. The van der Waals surface area contributed by atoms with Gasteiger partial charge in [-0.2, -0.15) is 0 Å². The Morgan fingerprint density at radius 1 is 1.09 bits per heavy atom. The molecule has 1 aromatic carbocycles. The first-order chi connectivity index (χ1) is 16.5. The van der Waals surface area contributed by atoms with E-state index >= 15 is 8.78 Å². The first kappa shape index (κ1) is 21.9. The van der Waals surface area contributed by atoms with Crippen LogP contribution in [-0.2, 0) is 14.2 Å². The van der Waals surface area contributed by atoms with Crippen LogP contribution in [0.5, 0.6) is 5.88 Å². The predicted molar refractivity (Wildman–Crippen MR) is 120 cm³/mol. The second-order valence-corrected chi connectivity index (χ2v) is 8.98. The van der Waals surface area contributed by atoms with Gasteiger partial charge in [-0.05, 0) is 35.8 Å². The van der Waals surface area contributed by atoms with Crippen LogP contribution < -0.4 is 4.74 Å². The van der Waals surface area contributed by atoms with E-state index in [4.69, 9.17) is 30.5 Å². The number of aromatic amines is 1. The lowest BCUT2D eigenvalue weighted by molar-refractivity contribution is 0.00794. The number of hydrogen-bond donors (Lipinski definition) is 2. The van der Waals surface area contributed by atoms with E-state index in [9.17, 15) is 5.11 Å². The van der Waals surface area contributed by atoms with Crippen LogP contribution in [0, 0.1) is 11.6 Å². The van der Waals surface area contributed by atoms with Gasteiger partial charge in [-0.1, -0.05) is 17.7 Å². The van der Waals surface area contributed by atoms with E-state index in [0.29, 0.717) is 42.1 Å². The summed E-state index contributed by atoms with van der Waals surface area (Å²) < 4.78 is 52.6. The van der Waals surface area contributed by atoms with Gasteiger partial charge in [0.15, 0.2) is 12.0 Å². The number of hydrogen-bond acceptors (Lipinski definition) is 6. The van der Waals surface area contributed by atoms with Crippen molar-refractivity contribution >= 4 is 28.2 Å². The van der Waals surface area contributed by atoms with E-state index in [2.05, 4.69) is 9.97 Å². The Bertz CT molecular complexity index is 1270. The molecule has 3 aliphatic rings. The Kier molecular flexibility index (Phi) is 5.54. The highest BCUT2D eigenvalue weighted by atomic mass is 35.5. The molecule has 4 atom stereocenters. The molecule has 0 radical (unpaired) electrons. The van der Waals surface area contributed by atoms with Gasteiger partial charge in [-0.15, -0.1) is 0 Å². The maximum Gasteiger partial charge on any atom is 0.193 e. The van der Waals surface area contributed by atoms with Gasteiger partial charge in [-0.25, -0.2) is 13.8 Å². The molecule has 0 aliphatic carbocycles. The summed E-state index contributed by atoms with van der Waals surface area (Å²) in [6.45, 7) is 1.40. The van der Waals surface area contributed by atoms with Gasteiger partial charge >= 0.3 is 0 Å². The van der Waals surface area contributed by atoms with E-state index in [1.54, 1.807) is 12.1 Å². The number of rotatable bonds is 4. The number of benzene rings is 1. The van der Waals surface area contributed by atoms with Gasteiger partial charge in [0.25, 0.3) is 0 Å². The summed E-state index contributed by atoms with van der Waals surface area (Å²) in [5, 5.41) is 10.00. The lowest BCUT2D eigenvalue weighted by Crippen LogP contribution is -2.34. The third-order valence-corrected chi connectivity index (χ3v) is 6.69. The summed E-state index contributed by atoms with van der Waals surface area (Å²) in [6.07, 6.45) is 0.536. The van der Waals surface area contributed by atoms with E-state index in [1.165, 1.54) is 12.1 Å². The lowest BCUT2D eigenvalue weighted by Gasteiger charge is -2.16. The average Bonchev–Trinajstić information content (AvgIpc) is 3.51. The first-order valence-electron chi connectivity index (χ1n) is 11.0. The molecule has 3 aromatic rings. The quantitative estimate of drug-likeness (QED) is 0.577. The predicted octanol–water partition coefficient (Wildman–Crippen LogP) is 3.87. The minimum atomic E-state index is -0.741. The van der Waals surface area contributed by atoms with Crippen molar-refractivity contribution in [3.8, 4) is 17.1 Å². The average molecular weight is 491 g/mol.